The van der Waals surface area contributed by atoms with Crippen molar-refractivity contribution in [3.8, 4) is 0 Å². The first-order chi connectivity index (χ1) is 5.46. The summed E-state index contributed by atoms with van der Waals surface area (Å²) in [5.41, 5.74) is 3.29. The largest absolute Gasteiger partial charge is 1.00 e. The smallest absolute Gasteiger partial charge is 0.497 e. The van der Waals surface area contributed by atoms with Gasteiger partial charge in [-0.05, 0) is 20.8 Å². The van der Waals surface area contributed by atoms with E-state index in [1.165, 1.54) is 5.56 Å². The third-order valence-electron chi connectivity index (χ3n) is 2.67. The van der Waals surface area contributed by atoms with Gasteiger partial charge in [-0.1, -0.05) is 0 Å². The van der Waals surface area contributed by atoms with Crippen molar-refractivity contribution in [3.05, 3.63) is 27.4 Å². The van der Waals surface area contributed by atoms with Gasteiger partial charge in [0.1, 0.15) is 11.4 Å². The molecule has 0 bridgehead atoms. The summed E-state index contributed by atoms with van der Waals surface area (Å²) >= 11 is 0. The molecule has 0 N–H and O–H groups in total. The molecule has 0 aromatic carbocycles. The van der Waals surface area contributed by atoms with Crippen LogP contribution in [0.5, 0.6) is 0 Å². The molecular formula is C9H15ClN2O. The first-order valence-corrected chi connectivity index (χ1v) is 3.99. The quantitative estimate of drug-likeness (QED) is 0.416. The van der Waals surface area contributed by atoms with Gasteiger partial charge in [0.25, 0.3) is 0 Å². The molecule has 13 heavy (non-hydrogen) atoms. The van der Waals surface area contributed by atoms with Crippen molar-refractivity contribution in [3.63, 3.8) is 0 Å². The van der Waals surface area contributed by atoms with Crippen molar-refractivity contribution in [2.24, 2.45) is 14.1 Å². The summed E-state index contributed by atoms with van der Waals surface area (Å²) < 4.78 is 3.34. The Morgan fingerprint density at radius 1 is 1.23 bits per heavy atom. The van der Waals surface area contributed by atoms with Gasteiger partial charge in [-0.25, -0.2) is 0 Å². The van der Waals surface area contributed by atoms with Gasteiger partial charge in [-0.2, -0.15) is 13.9 Å². The normalized spacial score (nSPS) is 9.62. The topological polar surface area (TPSA) is 25.9 Å². The second-order valence-electron chi connectivity index (χ2n) is 3.20. The Hall–Kier alpha value is -0.830. The Morgan fingerprint density at radius 2 is 1.69 bits per heavy atom. The zero-order valence-electron chi connectivity index (χ0n) is 8.68. The first kappa shape index (κ1) is 12.2. The molecule has 0 saturated heterocycles. The first-order valence-electron chi connectivity index (χ1n) is 3.99. The summed E-state index contributed by atoms with van der Waals surface area (Å²) in [5.74, 6) is 0. The minimum Gasteiger partial charge on any atom is -1.00 e. The van der Waals surface area contributed by atoms with Crippen LogP contribution in [0.3, 0.4) is 0 Å². The summed E-state index contributed by atoms with van der Waals surface area (Å²) in [6, 6.07) is 0. The molecule has 0 unspecified atom stereocenters. The highest BCUT2D eigenvalue weighted by atomic mass is 35.5. The van der Waals surface area contributed by atoms with E-state index in [2.05, 4.69) is 0 Å². The molecule has 0 fully saturated rings. The molecule has 1 aromatic heterocycles. The fraction of sp³-hybridized carbons (Fsp3) is 0.556. The number of rotatable bonds is 0. The number of halogens is 1. The van der Waals surface area contributed by atoms with E-state index >= 15 is 0 Å². The molecule has 1 rings (SSSR count). The lowest BCUT2D eigenvalue weighted by Crippen LogP contribution is -3.00. The third-order valence-corrected chi connectivity index (χ3v) is 2.67. The van der Waals surface area contributed by atoms with E-state index in [9.17, 15) is 4.79 Å². The molecule has 0 saturated carbocycles. The molecule has 0 spiro atoms. The Bertz CT molecular complexity index is 350. The fourth-order valence-electron chi connectivity index (χ4n) is 1.28. The number of hydrogen-bond donors (Lipinski definition) is 0. The van der Waals surface area contributed by atoms with E-state index in [-0.39, 0.29) is 18.1 Å². The van der Waals surface area contributed by atoms with E-state index in [0.717, 1.165) is 11.4 Å². The van der Waals surface area contributed by atoms with Crippen molar-refractivity contribution < 1.29 is 17.0 Å². The van der Waals surface area contributed by atoms with Gasteiger partial charge < -0.3 is 12.4 Å². The minimum atomic E-state index is 0. The summed E-state index contributed by atoms with van der Waals surface area (Å²) in [6.45, 7) is 5.96. The molecule has 0 radical (unpaired) electrons. The van der Waals surface area contributed by atoms with Gasteiger partial charge >= 0.3 is 5.69 Å². The number of hydrogen-bond acceptors (Lipinski definition) is 1. The van der Waals surface area contributed by atoms with Gasteiger partial charge in [0, 0.05) is 5.56 Å². The molecule has 0 aliphatic rings. The SMILES string of the molecule is Cc1c(C)n(C)c(=O)[n+](C)c1C.[Cl-]. The van der Waals surface area contributed by atoms with Gasteiger partial charge in [-0.15, -0.1) is 0 Å². The lowest BCUT2D eigenvalue weighted by Gasteiger charge is -2.05. The van der Waals surface area contributed by atoms with E-state index in [4.69, 9.17) is 0 Å². The maximum absolute atomic E-state index is 11.5. The molecule has 0 atom stereocenters. The van der Waals surface area contributed by atoms with Crippen LogP contribution in [-0.2, 0) is 14.1 Å². The van der Waals surface area contributed by atoms with Crippen LogP contribution in [0.2, 0.25) is 0 Å². The lowest BCUT2D eigenvalue weighted by molar-refractivity contribution is -0.697. The van der Waals surface area contributed by atoms with Crippen molar-refractivity contribution in [2.45, 2.75) is 20.8 Å². The van der Waals surface area contributed by atoms with E-state index in [1.54, 1.807) is 23.2 Å². The lowest BCUT2D eigenvalue weighted by atomic mass is 10.2. The van der Waals surface area contributed by atoms with Gasteiger partial charge in [-0.3, -0.25) is 0 Å². The standard InChI is InChI=1S/C9H15N2O.ClH/c1-6-7(2)10(4)9(12)11(5)8(6)3;/h1-5H3;1H/q+1;/p-1. The maximum Gasteiger partial charge on any atom is 0.497 e. The van der Waals surface area contributed by atoms with Crippen molar-refractivity contribution in [1.29, 1.82) is 0 Å². The molecule has 1 aromatic rings. The average Bonchev–Trinajstić information content (AvgIpc) is 2.08. The molecule has 3 nitrogen and oxygen atoms in total. The molecule has 4 heteroatoms. The predicted molar refractivity (Wildman–Crippen MR) is 47.1 cm³/mol. The minimum absolute atomic E-state index is 0. The predicted octanol–water partition coefficient (Wildman–Crippen LogP) is -2.86. The molecule has 74 valence electrons. The van der Waals surface area contributed by atoms with Crippen molar-refractivity contribution >= 4 is 0 Å². The Kier molecular flexibility index (Phi) is 3.67. The highest BCUT2D eigenvalue weighted by molar-refractivity contribution is 5.17. The van der Waals surface area contributed by atoms with Crippen LogP contribution in [0.1, 0.15) is 17.0 Å². The van der Waals surface area contributed by atoms with Crippen LogP contribution < -0.4 is 22.7 Å². The highest BCUT2D eigenvalue weighted by Crippen LogP contribution is 2.03. The maximum atomic E-state index is 11.5. The highest BCUT2D eigenvalue weighted by Gasteiger charge is 2.14. The third kappa shape index (κ3) is 1.75. The fourth-order valence-corrected chi connectivity index (χ4v) is 1.28. The summed E-state index contributed by atoms with van der Waals surface area (Å²) in [4.78, 5) is 11.5. The summed E-state index contributed by atoms with van der Waals surface area (Å²) in [7, 11) is 3.59. The Labute approximate surface area is 84.4 Å². The van der Waals surface area contributed by atoms with Gasteiger partial charge in [0.05, 0.1) is 14.1 Å². The average molecular weight is 203 g/mol. The van der Waals surface area contributed by atoms with Crippen molar-refractivity contribution in [2.75, 3.05) is 0 Å². The number of nitrogens with zero attached hydrogens (tertiary/aromatic N) is 2. The Balaban J connectivity index is 0.00000144. The van der Waals surface area contributed by atoms with Crippen LogP contribution in [0, 0.1) is 20.8 Å². The van der Waals surface area contributed by atoms with E-state index < -0.39 is 0 Å². The van der Waals surface area contributed by atoms with Crippen molar-refractivity contribution in [1.82, 2.24) is 4.57 Å². The van der Waals surface area contributed by atoms with Gasteiger partial charge in [0.2, 0.25) is 0 Å². The van der Waals surface area contributed by atoms with E-state index in [1.807, 2.05) is 20.8 Å². The Morgan fingerprint density at radius 3 is 2.15 bits per heavy atom. The molecule has 0 aliphatic carbocycles. The monoisotopic (exact) mass is 202 g/mol. The molecule has 1 heterocycles. The van der Waals surface area contributed by atoms with Crippen LogP contribution in [0.15, 0.2) is 4.79 Å². The van der Waals surface area contributed by atoms with Crippen LogP contribution in [0.25, 0.3) is 0 Å². The second-order valence-corrected chi connectivity index (χ2v) is 3.20. The zero-order valence-corrected chi connectivity index (χ0v) is 9.44. The van der Waals surface area contributed by atoms with Gasteiger partial charge in [0.15, 0.2) is 0 Å². The second kappa shape index (κ2) is 3.92. The zero-order chi connectivity index (χ0) is 9.46. The molecule has 0 aliphatic heterocycles. The summed E-state index contributed by atoms with van der Waals surface area (Å²) in [6.07, 6.45) is 0. The number of aromatic nitrogens is 2. The van der Waals surface area contributed by atoms with Crippen LogP contribution in [-0.4, -0.2) is 4.57 Å². The van der Waals surface area contributed by atoms with Crippen LogP contribution in [0.4, 0.5) is 0 Å². The molecular weight excluding hydrogens is 188 g/mol. The van der Waals surface area contributed by atoms with Crippen LogP contribution >= 0.6 is 0 Å². The molecule has 0 amide bonds. The van der Waals surface area contributed by atoms with E-state index in [0.29, 0.717) is 0 Å². The summed E-state index contributed by atoms with van der Waals surface area (Å²) in [5, 5.41) is 0.